The Morgan fingerprint density at radius 3 is 2.47 bits per heavy atom. The van der Waals surface area contributed by atoms with Crippen LogP contribution in [0.4, 0.5) is 4.39 Å². The van der Waals surface area contributed by atoms with Crippen molar-refractivity contribution < 1.29 is 9.18 Å². The largest absolute Gasteiger partial charge is 0.351 e. The van der Waals surface area contributed by atoms with Gasteiger partial charge in [0.15, 0.2) is 11.0 Å². The molecule has 1 amide bonds. The van der Waals surface area contributed by atoms with Gasteiger partial charge in [0, 0.05) is 6.54 Å². The number of hydrogen-bond acceptors (Lipinski definition) is 4. The first-order valence-corrected chi connectivity index (χ1v) is 11.3. The number of aryl methyl sites for hydroxylation is 1. The Morgan fingerprint density at radius 1 is 0.969 bits per heavy atom. The monoisotopic (exact) mass is 446 g/mol. The molecule has 0 fully saturated rings. The van der Waals surface area contributed by atoms with Gasteiger partial charge in [0.25, 0.3) is 0 Å². The minimum Gasteiger partial charge on any atom is -0.351 e. The van der Waals surface area contributed by atoms with Crippen LogP contribution in [0.2, 0.25) is 0 Å². The first-order chi connectivity index (χ1) is 15.6. The first kappa shape index (κ1) is 21.8. The summed E-state index contributed by atoms with van der Waals surface area (Å²) in [5.74, 6) is 0.173. The Labute approximate surface area is 190 Å². The SMILES string of the molecule is Cc1ccccc1CNC(=O)CSc1nnc(-c2ccccc2F)n1Cc1ccccc1. The van der Waals surface area contributed by atoms with E-state index in [4.69, 9.17) is 0 Å². The molecular formula is C25H23FN4OS. The van der Waals surface area contributed by atoms with Crippen LogP contribution in [0.15, 0.2) is 84.0 Å². The van der Waals surface area contributed by atoms with Gasteiger partial charge in [-0.2, -0.15) is 0 Å². The number of benzene rings is 3. The molecule has 7 heteroatoms. The lowest BCUT2D eigenvalue weighted by atomic mass is 10.1. The molecular weight excluding hydrogens is 423 g/mol. The van der Waals surface area contributed by atoms with Gasteiger partial charge in [-0.25, -0.2) is 4.39 Å². The van der Waals surface area contributed by atoms with E-state index in [2.05, 4.69) is 15.5 Å². The number of aromatic nitrogens is 3. The van der Waals surface area contributed by atoms with Crippen molar-refractivity contribution in [1.29, 1.82) is 0 Å². The highest BCUT2D eigenvalue weighted by atomic mass is 32.2. The lowest BCUT2D eigenvalue weighted by Crippen LogP contribution is -2.25. The molecule has 4 aromatic rings. The van der Waals surface area contributed by atoms with Crippen molar-refractivity contribution in [2.75, 3.05) is 5.75 Å². The fraction of sp³-hybridized carbons (Fsp3) is 0.160. The molecule has 32 heavy (non-hydrogen) atoms. The molecule has 0 spiro atoms. The predicted molar refractivity (Wildman–Crippen MR) is 125 cm³/mol. The molecule has 0 saturated heterocycles. The van der Waals surface area contributed by atoms with Gasteiger partial charge in [0.05, 0.1) is 17.9 Å². The minimum absolute atomic E-state index is 0.0973. The highest BCUT2D eigenvalue weighted by Gasteiger charge is 2.18. The normalized spacial score (nSPS) is 10.8. The summed E-state index contributed by atoms with van der Waals surface area (Å²) < 4.78 is 16.3. The summed E-state index contributed by atoms with van der Waals surface area (Å²) in [6.45, 7) is 2.97. The van der Waals surface area contributed by atoms with Crippen molar-refractivity contribution >= 4 is 17.7 Å². The van der Waals surface area contributed by atoms with Crippen LogP contribution in [0.5, 0.6) is 0 Å². The minimum atomic E-state index is -0.360. The molecule has 0 saturated carbocycles. The second-order valence-corrected chi connectivity index (χ2v) is 8.29. The second kappa shape index (κ2) is 10.2. The molecule has 1 heterocycles. The Bertz CT molecular complexity index is 1210. The highest BCUT2D eigenvalue weighted by molar-refractivity contribution is 7.99. The van der Waals surface area contributed by atoms with Crippen molar-refractivity contribution in [2.24, 2.45) is 0 Å². The molecule has 0 unspecified atom stereocenters. The molecule has 0 radical (unpaired) electrons. The van der Waals surface area contributed by atoms with Crippen molar-refractivity contribution in [3.63, 3.8) is 0 Å². The molecule has 5 nitrogen and oxygen atoms in total. The van der Waals surface area contributed by atoms with E-state index in [0.717, 1.165) is 16.7 Å². The molecule has 0 aliphatic carbocycles. The quantitative estimate of drug-likeness (QED) is 0.393. The lowest BCUT2D eigenvalue weighted by molar-refractivity contribution is -0.118. The molecule has 0 atom stereocenters. The second-order valence-electron chi connectivity index (χ2n) is 7.35. The fourth-order valence-electron chi connectivity index (χ4n) is 3.33. The zero-order valence-electron chi connectivity index (χ0n) is 17.7. The molecule has 0 aliphatic heterocycles. The number of amides is 1. The van der Waals surface area contributed by atoms with Crippen LogP contribution in [0.25, 0.3) is 11.4 Å². The number of thioether (sulfide) groups is 1. The summed E-state index contributed by atoms with van der Waals surface area (Å²) in [6.07, 6.45) is 0. The van der Waals surface area contributed by atoms with E-state index in [1.54, 1.807) is 18.2 Å². The summed E-state index contributed by atoms with van der Waals surface area (Å²) >= 11 is 1.29. The summed E-state index contributed by atoms with van der Waals surface area (Å²) in [5, 5.41) is 12.0. The van der Waals surface area contributed by atoms with Crippen molar-refractivity contribution in [2.45, 2.75) is 25.2 Å². The number of nitrogens with one attached hydrogen (secondary N) is 1. The van der Waals surface area contributed by atoms with E-state index in [0.29, 0.717) is 29.6 Å². The number of hydrogen-bond donors (Lipinski definition) is 1. The number of halogens is 1. The number of nitrogens with zero attached hydrogens (tertiary/aromatic N) is 3. The van der Waals surface area contributed by atoms with Crippen molar-refractivity contribution in [3.05, 3.63) is 101 Å². The number of rotatable bonds is 8. The number of carbonyl (C=O) groups excluding carboxylic acids is 1. The van der Waals surface area contributed by atoms with Gasteiger partial charge < -0.3 is 5.32 Å². The first-order valence-electron chi connectivity index (χ1n) is 10.3. The Morgan fingerprint density at radius 2 is 1.69 bits per heavy atom. The van der Waals surface area contributed by atoms with Gasteiger partial charge in [0.2, 0.25) is 5.91 Å². The van der Waals surface area contributed by atoms with Crippen LogP contribution in [0, 0.1) is 12.7 Å². The maximum absolute atomic E-state index is 14.5. The number of carbonyl (C=O) groups is 1. The lowest BCUT2D eigenvalue weighted by Gasteiger charge is -2.11. The molecule has 1 N–H and O–H groups in total. The maximum atomic E-state index is 14.5. The van der Waals surface area contributed by atoms with Crippen molar-refractivity contribution in [1.82, 2.24) is 20.1 Å². The zero-order valence-corrected chi connectivity index (χ0v) is 18.5. The fourth-order valence-corrected chi connectivity index (χ4v) is 4.10. The van der Waals surface area contributed by atoms with Gasteiger partial charge in [-0.05, 0) is 35.7 Å². The Balaban J connectivity index is 1.51. The van der Waals surface area contributed by atoms with Crippen molar-refractivity contribution in [3.8, 4) is 11.4 Å². The van der Waals surface area contributed by atoms with Gasteiger partial charge in [-0.3, -0.25) is 9.36 Å². The van der Waals surface area contributed by atoms with Crippen LogP contribution < -0.4 is 5.32 Å². The standard InChI is InChI=1S/C25H23FN4OS/c1-18-9-5-6-12-20(18)15-27-23(31)17-32-25-29-28-24(21-13-7-8-14-22(21)26)30(25)16-19-10-3-2-4-11-19/h2-14H,15-17H2,1H3,(H,27,31). The summed E-state index contributed by atoms with van der Waals surface area (Å²) in [7, 11) is 0. The summed E-state index contributed by atoms with van der Waals surface area (Å²) in [5.41, 5.74) is 3.64. The van der Waals surface area contributed by atoms with E-state index in [1.807, 2.05) is 66.1 Å². The van der Waals surface area contributed by atoms with Crippen LogP contribution in [0.1, 0.15) is 16.7 Å². The highest BCUT2D eigenvalue weighted by Crippen LogP contribution is 2.27. The molecule has 3 aromatic carbocycles. The maximum Gasteiger partial charge on any atom is 0.230 e. The van der Waals surface area contributed by atoms with Crippen LogP contribution in [0.3, 0.4) is 0 Å². The average molecular weight is 447 g/mol. The molecule has 162 valence electrons. The zero-order chi connectivity index (χ0) is 22.3. The molecule has 4 rings (SSSR count). The third-order valence-electron chi connectivity index (χ3n) is 5.08. The summed E-state index contributed by atoms with van der Waals surface area (Å²) in [4.78, 5) is 12.5. The average Bonchev–Trinajstić information content (AvgIpc) is 3.20. The van der Waals surface area contributed by atoms with Gasteiger partial charge in [0.1, 0.15) is 5.82 Å². The third-order valence-corrected chi connectivity index (χ3v) is 6.05. The molecule has 0 aliphatic rings. The smallest absolute Gasteiger partial charge is 0.230 e. The van der Waals surface area contributed by atoms with Crippen LogP contribution >= 0.6 is 11.8 Å². The van der Waals surface area contributed by atoms with Gasteiger partial charge >= 0.3 is 0 Å². The van der Waals surface area contributed by atoms with Gasteiger partial charge in [-0.15, -0.1) is 10.2 Å². The topological polar surface area (TPSA) is 59.8 Å². The van der Waals surface area contributed by atoms with Crippen LogP contribution in [-0.2, 0) is 17.9 Å². The van der Waals surface area contributed by atoms with E-state index in [-0.39, 0.29) is 17.5 Å². The predicted octanol–water partition coefficient (Wildman–Crippen LogP) is 4.85. The van der Waals surface area contributed by atoms with E-state index in [9.17, 15) is 9.18 Å². The van der Waals surface area contributed by atoms with Crippen LogP contribution in [-0.4, -0.2) is 26.4 Å². The van der Waals surface area contributed by atoms with Gasteiger partial charge in [-0.1, -0.05) is 78.5 Å². The Hall–Kier alpha value is -3.45. The van der Waals surface area contributed by atoms with E-state index < -0.39 is 0 Å². The summed E-state index contributed by atoms with van der Waals surface area (Å²) in [6, 6.07) is 24.3. The van der Waals surface area contributed by atoms with E-state index in [1.165, 1.54) is 17.8 Å². The third kappa shape index (κ3) is 5.23. The molecule has 0 bridgehead atoms. The van der Waals surface area contributed by atoms with E-state index >= 15 is 0 Å². The molecule has 1 aromatic heterocycles. The Kier molecular flexibility index (Phi) is 6.97.